The SMILES string of the molecule is CCC(=O)Oc1cccc(C#N)c1C. The van der Waals surface area contributed by atoms with E-state index in [0.717, 1.165) is 0 Å². The summed E-state index contributed by atoms with van der Waals surface area (Å²) < 4.78 is 5.05. The second-order valence-corrected chi connectivity index (χ2v) is 2.87. The zero-order valence-corrected chi connectivity index (χ0v) is 8.20. The Hall–Kier alpha value is -1.82. The lowest BCUT2D eigenvalue weighted by Gasteiger charge is -2.06. The molecule has 0 saturated heterocycles. The molecule has 0 aliphatic rings. The third kappa shape index (κ3) is 2.11. The van der Waals surface area contributed by atoms with Gasteiger partial charge in [-0.15, -0.1) is 0 Å². The number of esters is 1. The smallest absolute Gasteiger partial charge is 0.310 e. The molecular weight excluding hydrogens is 178 g/mol. The first kappa shape index (κ1) is 10.3. The minimum Gasteiger partial charge on any atom is -0.426 e. The molecule has 0 radical (unpaired) electrons. The van der Waals surface area contributed by atoms with Gasteiger partial charge in [0, 0.05) is 12.0 Å². The van der Waals surface area contributed by atoms with Crippen LogP contribution in [0.2, 0.25) is 0 Å². The lowest BCUT2D eigenvalue weighted by atomic mass is 10.1. The van der Waals surface area contributed by atoms with Gasteiger partial charge < -0.3 is 4.74 Å². The molecule has 0 amide bonds. The summed E-state index contributed by atoms with van der Waals surface area (Å²) in [6, 6.07) is 7.11. The van der Waals surface area contributed by atoms with Gasteiger partial charge in [0.05, 0.1) is 11.6 Å². The molecule has 3 nitrogen and oxygen atoms in total. The van der Waals surface area contributed by atoms with E-state index in [0.29, 0.717) is 23.3 Å². The number of ether oxygens (including phenoxy) is 1. The van der Waals surface area contributed by atoms with Crippen molar-refractivity contribution in [3.8, 4) is 11.8 Å². The lowest BCUT2D eigenvalue weighted by molar-refractivity contribution is -0.134. The number of nitrogens with zero attached hydrogens (tertiary/aromatic N) is 1. The molecule has 0 heterocycles. The Morgan fingerprint density at radius 1 is 1.57 bits per heavy atom. The summed E-state index contributed by atoms with van der Waals surface area (Å²) >= 11 is 0. The second kappa shape index (κ2) is 4.43. The molecule has 0 aliphatic carbocycles. The molecule has 0 aliphatic heterocycles. The summed E-state index contributed by atoms with van der Waals surface area (Å²) in [4.78, 5) is 11.0. The number of carbonyl (C=O) groups excluding carboxylic acids is 1. The Labute approximate surface area is 82.9 Å². The molecule has 0 unspecified atom stereocenters. The minimum atomic E-state index is -0.289. The predicted octanol–water partition coefficient (Wildman–Crippen LogP) is 2.18. The summed E-state index contributed by atoms with van der Waals surface area (Å²) in [5, 5.41) is 8.74. The first-order valence-electron chi connectivity index (χ1n) is 4.39. The quantitative estimate of drug-likeness (QED) is 0.529. The third-order valence-corrected chi connectivity index (χ3v) is 1.92. The van der Waals surface area contributed by atoms with E-state index in [9.17, 15) is 4.79 Å². The van der Waals surface area contributed by atoms with Crippen LogP contribution in [0.5, 0.6) is 5.75 Å². The maximum Gasteiger partial charge on any atom is 0.310 e. The maximum atomic E-state index is 11.0. The molecule has 0 fully saturated rings. The van der Waals surface area contributed by atoms with Crippen molar-refractivity contribution >= 4 is 5.97 Å². The van der Waals surface area contributed by atoms with Gasteiger partial charge in [0.2, 0.25) is 0 Å². The highest BCUT2D eigenvalue weighted by molar-refractivity contribution is 5.72. The van der Waals surface area contributed by atoms with Crippen LogP contribution in [-0.2, 0) is 4.79 Å². The molecule has 3 heteroatoms. The second-order valence-electron chi connectivity index (χ2n) is 2.87. The van der Waals surface area contributed by atoms with Crippen molar-refractivity contribution < 1.29 is 9.53 Å². The van der Waals surface area contributed by atoms with Crippen molar-refractivity contribution in [3.05, 3.63) is 29.3 Å². The van der Waals surface area contributed by atoms with Crippen molar-refractivity contribution in [1.29, 1.82) is 5.26 Å². The van der Waals surface area contributed by atoms with Gasteiger partial charge in [-0.1, -0.05) is 13.0 Å². The van der Waals surface area contributed by atoms with E-state index in [1.807, 2.05) is 6.07 Å². The summed E-state index contributed by atoms with van der Waals surface area (Å²) in [7, 11) is 0. The molecule has 1 aromatic rings. The number of hydrogen-bond donors (Lipinski definition) is 0. The highest BCUT2D eigenvalue weighted by atomic mass is 16.5. The predicted molar refractivity (Wildman–Crippen MR) is 51.8 cm³/mol. The van der Waals surface area contributed by atoms with Crippen LogP contribution in [0.1, 0.15) is 24.5 Å². The largest absolute Gasteiger partial charge is 0.426 e. The van der Waals surface area contributed by atoms with Crippen molar-refractivity contribution in [2.24, 2.45) is 0 Å². The third-order valence-electron chi connectivity index (χ3n) is 1.92. The van der Waals surface area contributed by atoms with Gasteiger partial charge >= 0.3 is 5.97 Å². The van der Waals surface area contributed by atoms with Crippen molar-refractivity contribution in [2.75, 3.05) is 0 Å². The first-order chi connectivity index (χ1) is 6.69. The number of hydrogen-bond acceptors (Lipinski definition) is 3. The maximum absolute atomic E-state index is 11.0. The van der Waals surface area contributed by atoms with E-state index in [1.165, 1.54) is 0 Å². The molecule has 1 aromatic carbocycles. The summed E-state index contributed by atoms with van der Waals surface area (Å²) in [5.41, 5.74) is 1.24. The average Bonchev–Trinajstić information content (AvgIpc) is 2.21. The van der Waals surface area contributed by atoms with E-state index in [1.54, 1.807) is 32.0 Å². The van der Waals surface area contributed by atoms with Crippen LogP contribution in [0, 0.1) is 18.3 Å². The molecule has 1 rings (SSSR count). The van der Waals surface area contributed by atoms with Crippen LogP contribution in [0.25, 0.3) is 0 Å². The zero-order valence-electron chi connectivity index (χ0n) is 8.20. The molecule has 14 heavy (non-hydrogen) atoms. The molecule has 0 spiro atoms. The van der Waals surface area contributed by atoms with Gasteiger partial charge in [-0.3, -0.25) is 4.79 Å². The highest BCUT2D eigenvalue weighted by Gasteiger charge is 2.07. The fraction of sp³-hybridized carbons (Fsp3) is 0.273. The number of rotatable bonds is 2. The minimum absolute atomic E-state index is 0.289. The topological polar surface area (TPSA) is 50.1 Å². The van der Waals surface area contributed by atoms with Crippen LogP contribution in [-0.4, -0.2) is 5.97 Å². The summed E-state index contributed by atoms with van der Waals surface area (Å²) in [6.45, 7) is 3.49. The monoisotopic (exact) mass is 189 g/mol. The van der Waals surface area contributed by atoms with Crippen molar-refractivity contribution in [2.45, 2.75) is 20.3 Å². The Bertz CT molecular complexity index is 391. The molecule has 0 N–H and O–H groups in total. The number of benzene rings is 1. The van der Waals surface area contributed by atoms with E-state index in [2.05, 4.69) is 0 Å². The van der Waals surface area contributed by atoms with Gasteiger partial charge in [0.1, 0.15) is 5.75 Å². The van der Waals surface area contributed by atoms with Gasteiger partial charge in [0.25, 0.3) is 0 Å². The van der Waals surface area contributed by atoms with Crippen molar-refractivity contribution in [1.82, 2.24) is 0 Å². The molecule has 0 bridgehead atoms. The zero-order chi connectivity index (χ0) is 10.6. The Morgan fingerprint density at radius 2 is 2.29 bits per heavy atom. The van der Waals surface area contributed by atoms with E-state index >= 15 is 0 Å². The lowest BCUT2D eigenvalue weighted by Crippen LogP contribution is -2.06. The van der Waals surface area contributed by atoms with Crippen LogP contribution in [0.3, 0.4) is 0 Å². The Kier molecular flexibility index (Phi) is 3.24. The van der Waals surface area contributed by atoms with Gasteiger partial charge in [-0.25, -0.2) is 0 Å². The van der Waals surface area contributed by atoms with Crippen LogP contribution in [0.4, 0.5) is 0 Å². The Balaban J connectivity index is 2.99. The van der Waals surface area contributed by atoms with Gasteiger partial charge in [-0.05, 0) is 19.1 Å². The average molecular weight is 189 g/mol. The standard InChI is InChI=1S/C11H11NO2/c1-3-11(13)14-10-6-4-5-9(7-12)8(10)2/h4-6H,3H2,1-2H3. The van der Waals surface area contributed by atoms with Crippen molar-refractivity contribution in [3.63, 3.8) is 0 Å². The normalized spacial score (nSPS) is 9.21. The summed E-state index contributed by atoms with van der Waals surface area (Å²) in [5.74, 6) is 0.180. The van der Waals surface area contributed by atoms with Crippen LogP contribution < -0.4 is 4.74 Å². The van der Waals surface area contributed by atoms with Crippen LogP contribution in [0.15, 0.2) is 18.2 Å². The van der Waals surface area contributed by atoms with Crippen LogP contribution >= 0.6 is 0 Å². The molecule has 0 saturated carbocycles. The Morgan fingerprint density at radius 3 is 2.86 bits per heavy atom. The highest BCUT2D eigenvalue weighted by Crippen LogP contribution is 2.20. The number of carbonyl (C=O) groups is 1. The first-order valence-corrected chi connectivity index (χ1v) is 4.39. The number of nitriles is 1. The molecule has 0 aromatic heterocycles. The summed E-state index contributed by atoms with van der Waals surface area (Å²) in [6.07, 6.45) is 0.330. The fourth-order valence-electron chi connectivity index (χ4n) is 1.04. The van der Waals surface area contributed by atoms with E-state index in [-0.39, 0.29) is 5.97 Å². The van der Waals surface area contributed by atoms with E-state index < -0.39 is 0 Å². The van der Waals surface area contributed by atoms with Gasteiger partial charge in [0.15, 0.2) is 0 Å². The molecule has 0 atom stereocenters. The van der Waals surface area contributed by atoms with Gasteiger partial charge in [-0.2, -0.15) is 5.26 Å². The molecule has 72 valence electrons. The molecular formula is C11H11NO2. The fourth-order valence-corrected chi connectivity index (χ4v) is 1.04. The van der Waals surface area contributed by atoms with E-state index in [4.69, 9.17) is 10.00 Å².